The summed E-state index contributed by atoms with van der Waals surface area (Å²) in [7, 11) is -3.82. The van der Waals surface area contributed by atoms with E-state index in [0.29, 0.717) is 16.4 Å². The monoisotopic (exact) mass is 365 g/mol. The van der Waals surface area contributed by atoms with E-state index in [4.69, 9.17) is 11.6 Å². The summed E-state index contributed by atoms with van der Waals surface area (Å²) in [5.74, 6) is -0.486. The van der Waals surface area contributed by atoms with Crippen molar-refractivity contribution in [2.45, 2.75) is 24.4 Å². The van der Waals surface area contributed by atoms with Crippen molar-refractivity contribution in [2.75, 3.05) is 10.6 Å². The molecule has 0 saturated carbocycles. The Kier molecular flexibility index (Phi) is 4.49. The summed E-state index contributed by atoms with van der Waals surface area (Å²) in [6, 6.07) is 11.8. The van der Waals surface area contributed by atoms with Gasteiger partial charge in [0.2, 0.25) is 10.0 Å². The molecular formula is C16H16ClN3O3S. The number of fused-ring (bicyclic) bond motifs is 1. The molecule has 0 aliphatic carbocycles. The van der Waals surface area contributed by atoms with Gasteiger partial charge in [0.05, 0.1) is 5.69 Å². The zero-order valence-electron chi connectivity index (χ0n) is 12.8. The first-order chi connectivity index (χ1) is 11.4. The molecule has 2 aromatic carbocycles. The van der Waals surface area contributed by atoms with Crippen LogP contribution in [0.25, 0.3) is 0 Å². The molecule has 1 atom stereocenters. The summed E-state index contributed by atoms with van der Waals surface area (Å²) in [5.41, 5.74) is 1.96. The molecule has 3 rings (SSSR count). The van der Waals surface area contributed by atoms with E-state index in [2.05, 4.69) is 15.4 Å². The molecule has 0 saturated heterocycles. The van der Waals surface area contributed by atoms with Crippen LogP contribution in [0.5, 0.6) is 0 Å². The van der Waals surface area contributed by atoms with Gasteiger partial charge in [-0.05, 0) is 36.2 Å². The third-order valence-corrected chi connectivity index (χ3v) is 5.42. The Balaban J connectivity index is 1.86. The maximum atomic E-state index is 12.5. The number of sulfonamides is 1. The van der Waals surface area contributed by atoms with Crippen LogP contribution in [0.2, 0.25) is 5.02 Å². The van der Waals surface area contributed by atoms with Gasteiger partial charge in [0.1, 0.15) is 4.90 Å². The lowest BCUT2D eigenvalue weighted by Crippen LogP contribution is -2.51. The molecule has 0 spiro atoms. The van der Waals surface area contributed by atoms with E-state index < -0.39 is 22.1 Å². The zero-order valence-corrected chi connectivity index (χ0v) is 14.4. The van der Waals surface area contributed by atoms with E-state index in [9.17, 15) is 13.2 Å². The molecule has 8 heteroatoms. The number of rotatable bonds is 3. The molecule has 1 amide bonds. The van der Waals surface area contributed by atoms with Gasteiger partial charge in [-0.25, -0.2) is 8.42 Å². The highest BCUT2D eigenvalue weighted by molar-refractivity contribution is 7.89. The molecule has 6 nitrogen and oxygen atoms in total. The highest BCUT2D eigenvalue weighted by Crippen LogP contribution is 2.29. The zero-order chi connectivity index (χ0) is 17.3. The SMILES string of the molecule is CCc1ccccc1NC(=O)[C@H]1Nc2ccc(Cl)cc2S(=O)(=O)N1. The van der Waals surface area contributed by atoms with Crippen molar-refractivity contribution in [2.24, 2.45) is 0 Å². The minimum atomic E-state index is -3.82. The summed E-state index contributed by atoms with van der Waals surface area (Å²) in [5, 5.41) is 5.94. The van der Waals surface area contributed by atoms with Crippen LogP contribution in [0.15, 0.2) is 47.4 Å². The number of hydrogen-bond acceptors (Lipinski definition) is 4. The quantitative estimate of drug-likeness (QED) is 0.780. The third kappa shape index (κ3) is 3.24. The summed E-state index contributed by atoms with van der Waals surface area (Å²) >= 11 is 5.84. The van der Waals surface area contributed by atoms with E-state index in [1.165, 1.54) is 12.1 Å². The van der Waals surface area contributed by atoms with Gasteiger partial charge in [-0.3, -0.25) is 4.79 Å². The van der Waals surface area contributed by atoms with Crippen LogP contribution in [0.4, 0.5) is 11.4 Å². The van der Waals surface area contributed by atoms with Crippen LogP contribution in [-0.2, 0) is 21.2 Å². The summed E-state index contributed by atoms with van der Waals surface area (Å²) < 4.78 is 27.0. The Hall–Kier alpha value is -2.09. The Morgan fingerprint density at radius 2 is 2.00 bits per heavy atom. The number of para-hydroxylation sites is 1. The van der Waals surface area contributed by atoms with E-state index >= 15 is 0 Å². The maximum Gasteiger partial charge on any atom is 0.262 e. The number of anilines is 2. The fraction of sp³-hybridized carbons (Fsp3) is 0.188. The van der Waals surface area contributed by atoms with Gasteiger partial charge in [-0.1, -0.05) is 36.7 Å². The van der Waals surface area contributed by atoms with Gasteiger partial charge in [0.15, 0.2) is 6.17 Å². The van der Waals surface area contributed by atoms with E-state index in [1.807, 2.05) is 25.1 Å². The summed E-state index contributed by atoms with van der Waals surface area (Å²) in [6.45, 7) is 1.98. The molecule has 0 fully saturated rings. The Labute approximate surface area is 145 Å². The second-order valence-corrected chi connectivity index (χ2v) is 7.46. The highest BCUT2D eigenvalue weighted by atomic mass is 35.5. The van der Waals surface area contributed by atoms with Gasteiger partial charge < -0.3 is 10.6 Å². The lowest BCUT2D eigenvalue weighted by atomic mass is 10.1. The Morgan fingerprint density at radius 3 is 2.75 bits per heavy atom. The first-order valence-corrected chi connectivity index (χ1v) is 9.24. The molecule has 0 unspecified atom stereocenters. The Bertz CT molecular complexity index is 899. The topological polar surface area (TPSA) is 87.3 Å². The van der Waals surface area contributed by atoms with E-state index in [-0.39, 0.29) is 4.90 Å². The molecule has 1 aliphatic rings. The van der Waals surface area contributed by atoms with Crippen molar-refractivity contribution in [3.05, 3.63) is 53.1 Å². The van der Waals surface area contributed by atoms with Gasteiger partial charge >= 0.3 is 0 Å². The van der Waals surface area contributed by atoms with E-state index in [1.54, 1.807) is 12.1 Å². The lowest BCUT2D eigenvalue weighted by Gasteiger charge is -2.27. The lowest BCUT2D eigenvalue weighted by molar-refractivity contribution is -0.117. The fourth-order valence-electron chi connectivity index (χ4n) is 2.52. The smallest absolute Gasteiger partial charge is 0.262 e. The second kappa shape index (κ2) is 6.43. The first kappa shape index (κ1) is 16.8. The van der Waals surface area contributed by atoms with Crippen molar-refractivity contribution in [1.29, 1.82) is 0 Å². The number of aryl methyl sites for hydroxylation is 1. The van der Waals surface area contributed by atoms with Crippen molar-refractivity contribution in [1.82, 2.24) is 4.72 Å². The molecule has 126 valence electrons. The van der Waals surface area contributed by atoms with Crippen LogP contribution >= 0.6 is 11.6 Å². The fourth-order valence-corrected chi connectivity index (χ4v) is 4.05. The van der Waals surface area contributed by atoms with Crippen molar-refractivity contribution in [3.8, 4) is 0 Å². The number of carbonyl (C=O) groups excluding carboxylic acids is 1. The van der Waals surface area contributed by atoms with Crippen LogP contribution in [0.3, 0.4) is 0 Å². The molecule has 24 heavy (non-hydrogen) atoms. The summed E-state index contributed by atoms with van der Waals surface area (Å²) in [4.78, 5) is 12.5. The largest absolute Gasteiger partial charge is 0.360 e. The van der Waals surface area contributed by atoms with Crippen LogP contribution < -0.4 is 15.4 Å². The highest BCUT2D eigenvalue weighted by Gasteiger charge is 2.33. The van der Waals surface area contributed by atoms with Crippen LogP contribution in [0.1, 0.15) is 12.5 Å². The van der Waals surface area contributed by atoms with Gasteiger partial charge in [-0.15, -0.1) is 0 Å². The number of halogens is 1. The van der Waals surface area contributed by atoms with Crippen molar-refractivity contribution in [3.63, 3.8) is 0 Å². The van der Waals surface area contributed by atoms with Gasteiger partial charge in [-0.2, -0.15) is 4.72 Å². The van der Waals surface area contributed by atoms with Crippen LogP contribution in [-0.4, -0.2) is 20.5 Å². The third-order valence-electron chi connectivity index (χ3n) is 3.72. The van der Waals surface area contributed by atoms with Crippen molar-refractivity contribution >= 4 is 38.9 Å². The Morgan fingerprint density at radius 1 is 1.25 bits per heavy atom. The molecule has 3 N–H and O–H groups in total. The number of hydrogen-bond donors (Lipinski definition) is 3. The number of benzene rings is 2. The first-order valence-electron chi connectivity index (χ1n) is 7.38. The summed E-state index contributed by atoms with van der Waals surface area (Å²) in [6.07, 6.45) is -0.352. The average Bonchev–Trinajstić information content (AvgIpc) is 2.55. The number of carbonyl (C=O) groups is 1. The maximum absolute atomic E-state index is 12.5. The molecule has 1 aliphatic heterocycles. The predicted molar refractivity (Wildman–Crippen MR) is 93.6 cm³/mol. The molecule has 0 radical (unpaired) electrons. The van der Waals surface area contributed by atoms with E-state index in [0.717, 1.165) is 12.0 Å². The van der Waals surface area contributed by atoms with Gasteiger partial charge in [0.25, 0.3) is 5.91 Å². The molecule has 0 aromatic heterocycles. The second-order valence-electron chi connectivity index (χ2n) is 5.34. The standard InChI is InChI=1S/C16H16ClN3O3S/c1-2-10-5-3-4-6-12(10)19-16(21)15-18-13-8-7-11(17)9-14(13)24(22,23)20-15/h3-9,15,18,20H,2H2,1H3,(H,19,21)/t15-/m0/s1. The molecule has 2 aromatic rings. The average molecular weight is 366 g/mol. The van der Waals surface area contributed by atoms with Crippen molar-refractivity contribution < 1.29 is 13.2 Å². The number of nitrogens with one attached hydrogen (secondary N) is 3. The number of amides is 1. The molecule has 0 bridgehead atoms. The minimum absolute atomic E-state index is 0.0213. The van der Waals surface area contributed by atoms with Crippen LogP contribution in [0, 0.1) is 0 Å². The van der Waals surface area contributed by atoms with Gasteiger partial charge in [0, 0.05) is 10.7 Å². The predicted octanol–water partition coefficient (Wildman–Crippen LogP) is 2.57. The molecule has 1 heterocycles. The normalized spacial score (nSPS) is 18.3. The molecular weight excluding hydrogens is 350 g/mol. The minimum Gasteiger partial charge on any atom is -0.360 e.